The second kappa shape index (κ2) is 7.87. The molecule has 6 heteroatoms. The molecular weight excluding hydrogens is 292 g/mol. The summed E-state index contributed by atoms with van der Waals surface area (Å²) in [6.45, 7) is 3.74. The van der Waals surface area contributed by atoms with Crippen LogP contribution >= 0.6 is 0 Å². The molecule has 0 bridgehead atoms. The molecule has 2 aromatic heterocycles. The first kappa shape index (κ1) is 15.7. The largest absolute Gasteiger partial charge is 0.468 e. The van der Waals surface area contributed by atoms with Crippen LogP contribution < -0.4 is 5.32 Å². The molecule has 3 heterocycles. The van der Waals surface area contributed by atoms with Gasteiger partial charge in [0.15, 0.2) is 0 Å². The van der Waals surface area contributed by atoms with Crippen molar-refractivity contribution in [3.05, 3.63) is 48.4 Å². The third-order valence-corrected chi connectivity index (χ3v) is 4.22. The highest BCUT2D eigenvalue weighted by Crippen LogP contribution is 2.21. The lowest BCUT2D eigenvalue weighted by Gasteiger charge is -2.32. The number of likely N-dealkylation sites (tertiary alicyclic amines) is 1. The summed E-state index contributed by atoms with van der Waals surface area (Å²) in [7, 11) is 0. The van der Waals surface area contributed by atoms with Crippen molar-refractivity contribution in [3.8, 4) is 0 Å². The number of furan rings is 1. The van der Waals surface area contributed by atoms with Crippen molar-refractivity contribution in [3.63, 3.8) is 0 Å². The van der Waals surface area contributed by atoms with Crippen molar-refractivity contribution >= 4 is 5.91 Å². The molecule has 1 aliphatic heterocycles. The summed E-state index contributed by atoms with van der Waals surface area (Å²) < 4.78 is 5.42. The third-order valence-electron chi connectivity index (χ3n) is 4.22. The van der Waals surface area contributed by atoms with Crippen molar-refractivity contribution in [2.24, 2.45) is 5.92 Å². The summed E-state index contributed by atoms with van der Waals surface area (Å²) >= 11 is 0. The van der Waals surface area contributed by atoms with Crippen LogP contribution in [-0.2, 0) is 6.54 Å². The lowest BCUT2D eigenvalue weighted by molar-refractivity contribution is 0.0945. The van der Waals surface area contributed by atoms with Gasteiger partial charge >= 0.3 is 0 Å². The van der Waals surface area contributed by atoms with E-state index in [1.54, 1.807) is 6.26 Å². The van der Waals surface area contributed by atoms with Crippen LogP contribution in [0.4, 0.5) is 0 Å². The average molecular weight is 314 g/mol. The number of rotatable bonds is 6. The van der Waals surface area contributed by atoms with Gasteiger partial charge in [-0.3, -0.25) is 9.69 Å². The minimum absolute atomic E-state index is 0.103. The fourth-order valence-electron chi connectivity index (χ4n) is 3.06. The molecule has 1 N–H and O–H groups in total. The van der Waals surface area contributed by atoms with E-state index in [4.69, 9.17) is 4.42 Å². The van der Waals surface area contributed by atoms with Gasteiger partial charge in [0.05, 0.1) is 18.4 Å². The SMILES string of the molecule is O=C(NCCC1CCCN(Cc2ccco2)C1)c1cncnc1. The number of nitrogens with zero attached hydrogens (tertiary/aromatic N) is 3. The predicted octanol–water partition coefficient (Wildman–Crippen LogP) is 2.10. The first-order valence-electron chi connectivity index (χ1n) is 8.09. The maximum absolute atomic E-state index is 11.9. The molecule has 0 spiro atoms. The quantitative estimate of drug-likeness (QED) is 0.884. The molecule has 1 fully saturated rings. The van der Waals surface area contributed by atoms with Crippen molar-refractivity contribution in [2.45, 2.75) is 25.8 Å². The Bertz CT molecular complexity index is 600. The molecule has 1 amide bonds. The maximum Gasteiger partial charge on any atom is 0.254 e. The molecule has 122 valence electrons. The zero-order valence-corrected chi connectivity index (χ0v) is 13.1. The molecule has 23 heavy (non-hydrogen) atoms. The maximum atomic E-state index is 11.9. The Kier molecular flexibility index (Phi) is 5.37. The number of nitrogens with one attached hydrogen (secondary N) is 1. The van der Waals surface area contributed by atoms with E-state index in [0.29, 0.717) is 18.0 Å². The van der Waals surface area contributed by atoms with Crippen molar-refractivity contribution < 1.29 is 9.21 Å². The molecule has 1 saturated heterocycles. The van der Waals surface area contributed by atoms with Crippen molar-refractivity contribution in [1.29, 1.82) is 0 Å². The van der Waals surface area contributed by atoms with Gasteiger partial charge in [-0.1, -0.05) is 0 Å². The monoisotopic (exact) mass is 314 g/mol. The van der Waals surface area contributed by atoms with Gasteiger partial charge in [-0.15, -0.1) is 0 Å². The highest BCUT2D eigenvalue weighted by molar-refractivity contribution is 5.93. The number of hydrogen-bond acceptors (Lipinski definition) is 5. The minimum Gasteiger partial charge on any atom is -0.468 e. The fraction of sp³-hybridized carbons (Fsp3) is 0.471. The Hall–Kier alpha value is -2.21. The van der Waals surface area contributed by atoms with Crippen LogP contribution in [0.15, 0.2) is 41.5 Å². The standard InChI is InChI=1S/C17H22N4O2/c22-17(15-9-18-13-19-10-15)20-6-5-14-3-1-7-21(11-14)12-16-4-2-8-23-16/h2,4,8-10,13-14H,1,3,5-7,11-12H2,(H,20,22). The molecule has 1 atom stereocenters. The van der Waals surface area contributed by atoms with Gasteiger partial charge in [0.1, 0.15) is 12.1 Å². The zero-order chi connectivity index (χ0) is 15.9. The Labute approximate surface area is 135 Å². The van der Waals surface area contributed by atoms with Crippen LogP contribution in [-0.4, -0.2) is 40.4 Å². The Balaban J connectivity index is 1.40. The summed E-state index contributed by atoms with van der Waals surface area (Å²) in [5.41, 5.74) is 0.510. The summed E-state index contributed by atoms with van der Waals surface area (Å²) in [5.74, 6) is 1.53. The third kappa shape index (κ3) is 4.63. The molecule has 0 radical (unpaired) electrons. The van der Waals surface area contributed by atoms with Gasteiger partial charge in [0, 0.05) is 25.5 Å². The molecule has 2 aromatic rings. The predicted molar refractivity (Wildman–Crippen MR) is 85.7 cm³/mol. The van der Waals surface area contributed by atoms with Crippen LogP contribution in [0.25, 0.3) is 0 Å². The van der Waals surface area contributed by atoms with Gasteiger partial charge < -0.3 is 9.73 Å². The number of hydrogen-bond donors (Lipinski definition) is 1. The Morgan fingerprint density at radius 3 is 3.04 bits per heavy atom. The number of amides is 1. The molecular formula is C17H22N4O2. The molecule has 0 saturated carbocycles. The van der Waals surface area contributed by atoms with E-state index in [9.17, 15) is 4.79 Å². The van der Waals surface area contributed by atoms with Crippen molar-refractivity contribution in [1.82, 2.24) is 20.2 Å². The van der Waals surface area contributed by atoms with Gasteiger partial charge in [0.25, 0.3) is 5.91 Å². The number of carbonyl (C=O) groups excluding carboxylic acids is 1. The van der Waals surface area contributed by atoms with E-state index < -0.39 is 0 Å². The highest BCUT2D eigenvalue weighted by atomic mass is 16.3. The summed E-state index contributed by atoms with van der Waals surface area (Å²) in [6.07, 6.45) is 9.63. The molecule has 1 unspecified atom stereocenters. The molecule has 0 aliphatic carbocycles. The van der Waals surface area contributed by atoms with E-state index >= 15 is 0 Å². The molecule has 1 aliphatic rings. The van der Waals surface area contributed by atoms with E-state index in [1.807, 2.05) is 12.1 Å². The van der Waals surface area contributed by atoms with Gasteiger partial charge in [-0.2, -0.15) is 0 Å². The van der Waals surface area contributed by atoms with Crippen LogP contribution in [0.3, 0.4) is 0 Å². The van der Waals surface area contributed by atoms with E-state index in [1.165, 1.54) is 31.6 Å². The topological polar surface area (TPSA) is 71.3 Å². The van der Waals surface area contributed by atoms with Crippen LogP contribution in [0.5, 0.6) is 0 Å². The molecule has 0 aromatic carbocycles. The van der Waals surface area contributed by atoms with E-state index in [-0.39, 0.29) is 5.91 Å². The smallest absolute Gasteiger partial charge is 0.254 e. The molecule has 6 nitrogen and oxygen atoms in total. The first-order chi connectivity index (χ1) is 11.3. The second-order valence-electron chi connectivity index (χ2n) is 5.99. The Morgan fingerprint density at radius 2 is 2.26 bits per heavy atom. The lowest BCUT2D eigenvalue weighted by Crippen LogP contribution is -2.36. The first-order valence-corrected chi connectivity index (χ1v) is 8.09. The number of aromatic nitrogens is 2. The van der Waals surface area contributed by atoms with Crippen molar-refractivity contribution in [2.75, 3.05) is 19.6 Å². The van der Waals surface area contributed by atoms with Gasteiger partial charge in [-0.05, 0) is 43.9 Å². The lowest BCUT2D eigenvalue weighted by atomic mass is 9.94. The summed E-state index contributed by atoms with van der Waals surface area (Å²) in [6, 6.07) is 3.95. The zero-order valence-electron chi connectivity index (χ0n) is 13.1. The Morgan fingerprint density at radius 1 is 1.39 bits per heavy atom. The number of piperidine rings is 1. The number of carbonyl (C=O) groups is 1. The summed E-state index contributed by atoms with van der Waals surface area (Å²) in [5, 5.41) is 2.95. The van der Waals surface area contributed by atoms with E-state index in [0.717, 1.165) is 31.8 Å². The minimum atomic E-state index is -0.103. The fourth-order valence-corrected chi connectivity index (χ4v) is 3.06. The summed E-state index contributed by atoms with van der Waals surface area (Å²) in [4.78, 5) is 22.1. The van der Waals surface area contributed by atoms with Crippen LogP contribution in [0, 0.1) is 5.92 Å². The van der Waals surface area contributed by atoms with Gasteiger partial charge in [-0.25, -0.2) is 9.97 Å². The van der Waals surface area contributed by atoms with Crippen LogP contribution in [0.2, 0.25) is 0 Å². The van der Waals surface area contributed by atoms with Gasteiger partial charge in [0.2, 0.25) is 0 Å². The average Bonchev–Trinajstić information content (AvgIpc) is 3.09. The van der Waals surface area contributed by atoms with Crippen LogP contribution in [0.1, 0.15) is 35.4 Å². The second-order valence-corrected chi connectivity index (χ2v) is 5.99. The normalized spacial score (nSPS) is 18.7. The highest BCUT2D eigenvalue weighted by Gasteiger charge is 2.20. The van der Waals surface area contributed by atoms with E-state index in [2.05, 4.69) is 20.2 Å². The molecule has 3 rings (SSSR count).